The average Bonchev–Trinajstić information content (AvgIpc) is 2.26. The molecular weight excluding hydrogens is 223 g/mol. The summed E-state index contributed by atoms with van der Waals surface area (Å²) in [4.78, 5) is 11.7. The van der Waals surface area contributed by atoms with Crippen molar-refractivity contribution in [2.24, 2.45) is 5.73 Å². The third-order valence-electron chi connectivity index (χ3n) is 2.92. The zero-order chi connectivity index (χ0) is 12.4. The molecule has 0 unspecified atom stereocenters. The molecule has 1 fully saturated rings. The summed E-state index contributed by atoms with van der Waals surface area (Å²) in [6, 6.07) is 4.44. The molecule has 0 bridgehead atoms. The molecule has 0 heterocycles. The van der Waals surface area contributed by atoms with Crippen LogP contribution in [0.5, 0.6) is 5.75 Å². The van der Waals surface area contributed by atoms with Crippen LogP contribution in [0, 0.1) is 5.82 Å². The maximum atomic E-state index is 13.4. The van der Waals surface area contributed by atoms with Crippen LogP contribution in [0.3, 0.4) is 0 Å². The number of carbonyl (C=O) groups excluding carboxylic acids is 1. The van der Waals surface area contributed by atoms with Gasteiger partial charge in [-0.25, -0.2) is 4.39 Å². The summed E-state index contributed by atoms with van der Waals surface area (Å²) in [5.41, 5.74) is 5.91. The summed E-state index contributed by atoms with van der Waals surface area (Å²) >= 11 is 0. The average molecular weight is 238 g/mol. The number of ether oxygens (including phenoxy) is 1. The van der Waals surface area contributed by atoms with Gasteiger partial charge in [0.25, 0.3) is 5.91 Å². The Balaban J connectivity index is 2.01. The van der Waals surface area contributed by atoms with Gasteiger partial charge < -0.3 is 15.8 Å². The lowest BCUT2D eigenvalue weighted by Crippen LogP contribution is -2.50. The summed E-state index contributed by atoms with van der Waals surface area (Å²) < 4.78 is 18.2. The minimum Gasteiger partial charge on any atom is -0.494 e. The minimum atomic E-state index is -0.537. The highest BCUT2D eigenvalue weighted by molar-refractivity contribution is 5.94. The smallest absolute Gasteiger partial charge is 0.251 e. The van der Waals surface area contributed by atoms with Crippen LogP contribution in [0.15, 0.2) is 18.2 Å². The highest BCUT2D eigenvalue weighted by atomic mass is 19.1. The van der Waals surface area contributed by atoms with Crippen molar-refractivity contribution in [2.75, 3.05) is 7.11 Å². The normalized spacial score (nSPS) is 22.8. The minimum absolute atomic E-state index is 0.114. The molecule has 1 aromatic rings. The van der Waals surface area contributed by atoms with Crippen LogP contribution in [0.1, 0.15) is 23.2 Å². The van der Waals surface area contributed by atoms with E-state index in [2.05, 4.69) is 5.32 Å². The van der Waals surface area contributed by atoms with Crippen LogP contribution in [0.4, 0.5) is 4.39 Å². The first-order valence-electron chi connectivity index (χ1n) is 5.50. The molecule has 1 aromatic carbocycles. The van der Waals surface area contributed by atoms with Crippen LogP contribution in [0.2, 0.25) is 0 Å². The van der Waals surface area contributed by atoms with Crippen molar-refractivity contribution in [3.63, 3.8) is 0 Å². The molecule has 1 saturated carbocycles. The van der Waals surface area contributed by atoms with Crippen LogP contribution in [0.25, 0.3) is 0 Å². The molecular formula is C12H15FN2O2. The van der Waals surface area contributed by atoms with Gasteiger partial charge in [-0.2, -0.15) is 0 Å². The van der Waals surface area contributed by atoms with Crippen molar-refractivity contribution < 1.29 is 13.9 Å². The van der Waals surface area contributed by atoms with Crippen molar-refractivity contribution in [1.29, 1.82) is 0 Å². The highest BCUT2D eigenvalue weighted by Gasteiger charge is 2.27. The van der Waals surface area contributed by atoms with E-state index >= 15 is 0 Å². The second kappa shape index (κ2) is 4.71. The monoisotopic (exact) mass is 238 g/mol. The first-order valence-corrected chi connectivity index (χ1v) is 5.50. The summed E-state index contributed by atoms with van der Waals surface area (Å²) in [6.07, 6.45) is 1.56. The fourth-order valence-corrected chi connectivity index (χ4v) is 1.86. The van der Waals surface area contributed by atoms with E-state index in [0.717, 1.165) is 12.8 Å². The van der Waals surface area contributed by atoms with Crippen molar-refractivity contribution in [2.45, 2.75) is 24.9 Å². The van der Waals surface area contributed by atoms with Crippen LogP contribution in [-0.4, -0.2) is 25.1 Å². The Hall–Kier alpha value is -1.62. The molecule has 1 aliphatic rings. The number of rotatable bonds is 3. The Labute approximate surface area is 98.9 Å². The molecule has 0 radical (unpaired) electrons. The Bertz CT molecular complexity index is 431. The molecule has 17 heavy (non-hydrogen) atoms. The predicted octanol–water partition coefficient (Wildman–Crippen LogP) is 1.05. The summed E-state index contributed by atoms with van der Waals surface area (Å²) in [5.74, 6) is -0.680. The molecule has 4 nitrogen and oxygen atoms in total. The number of benzene rings is 1. The van der Waals surface area contributed by atoms with Gasteiger partial charge in [-0.1, -0.05) is 0 Å². The molecule has 5 heteroatoms. The Morgan fingerprint density at radius 2 is 2.24 bits per heavy atom. The van der Waals surface area contributed by atoms with Crippen LogP contribution >= 0.6 is 0 Å². The van der Waals surface area contributed by atoms with E-state index in [1.807, 2.05) is 0 Å². The number of carbonyl (C=O) groups is 1. The summed E-state index contributed by atoms with van der Waals surface area (Å²) in [7, 11) is 1.38. The van der Waals surface area contributed by atoms with Crippen LogP contribution < -0.4 is 15.8 Å². The van der Waals surface area contributed by atoms with Gasteiger partial charge in [0.2, 0.25) is 0 Å². The number of nitrogens with two attached hydrogens (primary N) is 1. The molecule has 0 saturated heterocycles. The SMILES string of the molecule is COc1ccc(C(=O)NC2CC(N)C2)cc1F. The van der Waals surface area contributed by atoms with Gasteiger partial charge in [-0.05, 0) is 31.0 Å². The first-order chi connectivity index (χ1) is 8.10. The molecule has 0 aromatic heterocycles. The third kappa shape index (κ3) is 2.55. The van der Waals surface area contributed by atoms with E-state index in [0.29, 0.717) is 5.56 Å². The van der Waals surface area contributed by atoms with Gasteiger partial charge in [0.1, 0.15) is 0 Å². The van der Waals surface area contributed by atoms with Crippen molar-refractivity contribution in [1.82, 2.24) is 5.32 Å². The second-order valence-corrected chi connectivity index (χ2v) is 4.25. The van der Waals surface area contributed by atoms with E-state index in [1.54, 1.807) is 0 Å². The van der Waals surface area contributed by atoms with Gasteiger partial charge in [-0.3, -0.25) is 4.79 Å². The van der Waals surface area contributed by atoms with Crippen molar-refractivity contribution in [3.05, 3.63) is 29.6 Å². The molecule has 0 aliphatic heterocycles. The van der Waals surface area contributed by atoms with Gasteiger partial charge in [0.05, 0.1) is 7.11 Å². The zero-order valence-corrected chi connectivity index (χ0v) is 9.57. The van der Waals surface area contributed by atoms with E-state index < -0.39 is 5.82 Å². The Kier molecular flexibility index (Phi) is 3.28. The number of methoxy groups -OCH3 is 1. The van der Waals surface area contributed by atoms with Crippen molar-refractivity contribution in [3.8, 4) is 5.75 Å². The lowest BCUT2D eigenvalue weighted by molar-refractivity contribution is 0.0909. The number of nitrogens with one attached hydrogen (secondary N) is 1. The maximum Gasteiger partial charge on any atom is 0.251 e. The molecule has 92 valence electrons. The van der Waals surface area contributed by atoms with Crippen molar-refractivity contribution >= 4 is 5.91 Å². The van der Waals surface area contributed by atoms with Gasteiger partial charge >= 0.3 is 0 Å². The van der Waals surface area contributed by atoms with Gasteiger partial charge in [0, 0.05) is 17.6 Å². The lowest BCUT2D eigenvalue weighted by Gasteiger charge is -2.32. The Morgan fingerprint density at radius 3 is 2.76 bits per heavy atom. The highest BCUT2D eigenvalue weighted by Crippen LogP contribution is 2.20. The number of hydrogen-bond donors (Lipinski definition) is 2. The van der Waals surface area contributed by atoms with Gasteiger partial charge in [-0.15, -0.1) is 0 Å². The Morgan fingerprint density at radius 1 is 1.53 bits per heavy atom. The molecule has 1 amide bonds. The fourth-order valence-electron chi connectivity index (χ4n) is 1.86. The zero-order valence-electron chi connectivity index (χ0n) is 9.57. The molecule has 1 aliphatic carbocycles. The largest absolute Gasteiger partial charge is 0.494 e. The van der Waals surface area contributed by atoms with E-state index in [-0.39, 0.29) is 23.7 Å². The molecule has 0 atom stereocenters. The third-order valence-corrected chi connectivity index (χ3v) is 2.92. The standard InChI is InChI=1S/C12H15FN2O2/c1-17-11-3-2-7(4-10(11)13)12(16)15-9-5-8(14)6-9/h2-4,8-9H,5-6,14H2,1H3,(H,15,16). The first kappa shape index (κ1) is 11.9. The van der Waals surface area contributed by atoms with Crippen LogP contribution in [-0.2, 0) is 0 Å². The maximum absolute atomic E-state index is 13.4. The fraction of sp³-hybridized carbons (Fsp3) is 0.417. The van der Waals surface area contributed by atoms with Gasteiger partial charge in [0.15, 0.2) is 11.6 Å². The number of hydrogen-bond acceptors (Lipinski definition) is 3. The number of amides is 1. The lowest BCUT2D eigenvalue weighted by atomic mass is 9.87. The number of halogens is 1. The quantitative estimate of drug-likeness (QED) is 0.827. The topological polar surface area (TPSA) is 64.3 Å². The molecule has 3 N–H and O–H groups in total. The summed E-state index contributed by atoms with van der Waals surface area (Å²) in [5, 5.41) is 2.80. The van der Waals surface area contributed by atoms with E-state index in [9.17, 15) is 9.18 Å². The van der Waals surface area contributed by atoms with E-state index in [4.69, 9.17) is 10.5 Å². The van der Waals surface area contributed by atoms with E-state index in [1.165, 1.54) is 25.3 Å². The summed E-state index contributed by atoms with van der Waals surface area (Å²) in [6.45, 7) is 0. The second-order valence-electron chi connectivity index (χ2n) is 4.25. The predicted molar refractivity (Wildman–Crippen MR) is 61.4 cm³/mol. The molecule has 2 rings (SSSR count). The molecule has 0 spiro atoms.